The van der Waals surface area contributed by atoms with Crippen molar-refractivity contribution in [2.45, 2.75) is 50.5 Å². The summed E-state index contributed by atoms with van der Waals surface area (Å²) >= 11 is 5.34. The first-order valence-electron chi connectivity index (χ1n) is 11.3. The van der Waals surface area contributed by atoms with Gasteiger partial charge < -0.3 is 20.1 Å². The molecule has 0 aliphatic carbocycles. The van der Waals surface area contributed by atoms with E-state index in [0.717, 1.165) is 9.87 Å². The Bertz CT molecular complexity index is 1160. The van der Waals surface area contributed by atoms with Gasteiger partial charge in [-0.25, -0.2) is 12.7 Å². The molecule has 2 aromatic carbocycles. The largest absolute Gasteiger partial charge is 0.496 e. The first-order valence-corrected chi connectivity index (χ1v) is 13.1. The topological polar surface area (TPSA) is 97.0 Å². The zero-order valence-corrected chi connectivity index (χ0v) is 23.0. The maximum Gasteiger partial charge on any atom is 0.269 e. The number of benzene rings is 2. The van der Waals surface area contributed by atoms with Crippen molar-refractivity contribution in [2.75, 3.05) is 27.8 Å². The van der Waals surface area contributed by atoms with Crippen LogP contribution in [0.4, 0.5) is 0 Å². The summed E-state index contributed by atoms with van der Waals surface area (Å²) in [6, 6.07) is 11.3. The highest BCUT2D eigenvalue weighted by molar-refractivity contribution is 7.91. The number of rotatable bonds is 9. The monoisotopic (exact) mass is 521 g/mol. The molecule has 192 valence electrons. The van der Waals surface area contributed by atoms with Crippen LogP contribution in [-0.2, 0) is 15.4 Å². The van der Waals surface area contributed by atoms with Gasteiger partial charge in [-0.15, -0.1) is 0 Å². The summed E-state index contributed by atoms with van der Waals surface area (Å²) in [7, 11) is 0.393. The molecule has 1 amide bonds. The number of nitrogens with one attached hydrogen (secondary N) is 2. The van der Waals surface area contributed by atoms with Gasteiger partial charge in [-0.1, -0.05) is 45.9 Å². The van der Waals surface area contributed by atoms with Crippen LogP contribution in [0.1, 0.15) is 50.0 Å². The van der Waals surface area contributed by atoms with Gasteiger partial charge in [0, 0.05) is 13.1 Å². The van der Waals surface area contributed by atoms with Gasteiger partial charge in [-0.05, 0) is 53.9 Å². The van der Waals surface area contributed by atoms with Crippen LogP contribution in [0.2, 0.25) is 0 Å². The van der Waals surface area contributed by atoms with Crippen molar-refractivity contribution >= 4 is 33.3 Å². The summed E-state index contributed by atoms with van der Waals surface area (Å²) in [5.41, 5.74) is 1.20. The maximum absolute atomic E-state index is 13.6. The lowest BCUT2D eigenvalue weighted by molar-refractivity contribution is 0.0930. The zero-order chi connectivity index (χ0) is 26.4. The van der Waals surface area contributed by atoms with Crippen LogP contribution in [0.25, 0.3) is 0 Å². The minimum atomic E-state index is -4.07. The highest BCUT2D eigenvalue weighted by Gasteiger charge is 2.32. The number of para-hydroxylation sites is 1. The molecule has 0 aliphatic rings. The second kappa shape index (κ2) is 11.7. The van der Waals surface area contributed by atoms with Crippen molar-refractivity contribution in [3.8, 4) is 11.5 Å². The molecular formula is C25H35N3O5S2. The Morgan fingerprint density at radius 2 is 1.71 bits per heavy atom. The van der Waals surface area contributed by atoms with Gasteiger partial charge in [0.25, 0.3) is 15.9 Å². The minimum absolute atomic E-state index is 0.0101. The van der Waals surface area contributed by atoms with E-state index in [1.807, 2.05) is 19.1 Å². The fourth-order valence-corrected chi connectivity index (χ4v) is 5.41. The van der Waals surface area contributed by atoms with Crippen LogP contribution in [0.15, 0.2) is 47.4 Å². The number of thiocarbonyl (C=S) groups is 1. The summed E-state index contributed by atoms with van der Waals surface area (Å²) in [5.74, 6) is 0.289. The molecule has 0 radical (unpaired) electrons. The van der Waals surface area contributed by atoms with Crippen molar-refractivity contribution < 1.29 is 22.7 Å². The van der Waals surface area contributed by atoms with E-state index in [0.29, 0.717) is 17.7 Å². The summed E-state index contributed by atoms with van der Waals surface area (Å²) in [6.45, 7) is 7.98. The number of hydrogen-bond acceptors (Lipinski definition) is 6. The predicted octanol–water partition coefficient (Wildman–Crippen LogP) is 3.70. The first kappa shape index (κ1) is 28.4. The van der Waals surface area contributed by atoms with Gasteiger partial charge in [0.1, 0.15) is 16.4 Å². The van der Waals surface area contributed by atoms with Crippen molar-refractivity contribution in [3.63, 3.8) is 0 Å². The molecule has 8 nitrogen and oxygen atoms in total. The average Bonchev–Trinajstić information content (AvgIpc) is 2.84. The van der Waals surface area contributed by atoms with E-state index in [-0.39, 0.29) is 33.6 Å². The molecule has 0 fully saturated rings. The molecule has 2 rings (SSSR count). The van der Waals surface area contributed by atoms with Crippen LogP contribution in [0.3, 0.4) is 0 Å². The van der Waals surface area contributed by atoms with E-state index in [2.05, 4.69) is 31.4 Å². The number of amides is 1. The summed E-state index contributed by atoms with van der Waals surface area (Å²) in [6.07, 6.45) is 0.470. The standard InChI is InChI=1S/C25H35N3O5S2/c1-8-18(27-23(29)19-15-17(25(2,3)4)13-14-20(19)32-6)16-28(24(34)26-5)35(30,31)22-12-10-9-11-21(22)33-7/h9-15,18H,8,16H2,1-7H3,(H,26,34)(H,27,29). The second-order valence-corrected chi connectivity index (χ2v) is 11.2. The molecule has 2 aromatic rings. The second-order valence-electron chi connectivity index (χ2n) is 8.99. The molecule has 0 aliphatic heterocycles. The number of carbonyl (C=O) groups excluding carboxylic acids is 1. The Kier molecular flexibility index (Phi) is 9.51. The van der Waals surface area contributed by atoms with Crippen molar-refractivity contribution in [1.82, 2.24) is 14.9 Å². The Morgan fingerprint density at radius 1 is 1.09 bits per heavy atom. The van der Waals surface area contributed by atoms with Crippen LogP contribution in [0, 0.1) is 0 Å². The molecule has 0 bridgehead atoms. The Balaban J connectivity index is 2.40. The lowest BCUT2D eigenvalue weighted by Gasteiger charge is -2.29. The third kappa shape index (κ3) is 6.64. The van der Waals surface area contributed by atoms with Gasteiger partial charge in [0.15, 0.2) is 5.11 Å². The van der Waals surface area contributed by atoms with E-state index in [9.17, 15) is 13.2 Å². The van der Waals surface area contributed by atoms with Gasteiger partial charge in [0.05, 0.1) is 26.3 Å². The van der Waals surface area contributed by atoms with Crippen molar-refractivity contribution in [1.29, 1.82) is 0 Å². The number of methoxy groups -OCH3 is 2. The normalized spacial score (nSPS) is 12.4. The highest BCUT2D eigenvalue weighted by atomic mass is 32.2. The Labute approximate surface area is 214 Å². The van der Waals surface area contributed by atoms with E-state index in [1.54, 1.807) is 31.3 Å². The van der Waals surface area contributed by atoms with Crippen LogP contribution >= 0.6 is 12.2 Å². The number of carbonyl (C=O) groups is 1. The molecule has 0 saturated carbocycles. The Morgan fingerprint density at radius 3 is 2.26 bits per heavy atom. The van der Waals surface area contributed by atoms with Crippen LogP contribution in [0.5, 0.6) is 11.5 Å². The minimum Gasteiger partial charge on any atom is -0.496 e. The maximum atomic E-state index is 13.6. The van der Waals surface area contributed by atoms with E-state index in [1.165, 1.54) is 20.3 Å². The molecule has 35 heavy (non-hydrogen) atoms. The SMILES string of the molecule is CCC(CN(C(=S)NC)S(=O)(=O)c1ccccc1OC)NC(=O)c1cc(C(C)(C)C)ccc1OC. The molecule has 0 spiro atoms. The molecule has 0 aromatic heterocycles. The van der Waals surface area contributed by atoms with Gasteiger partial charge >= 0.3 is 0 Å². The van der Waals surface area contributed by atoms with Crippen molar-refractivity contribution in [3.05, 3.63) is 53.6 Å². The third-order valence-electron chi connectivity index (χ3n) is 5.60. The van der Waals surface area contributed by atoms with Crippen LogP contribution in [-0.4, -0.2) is 57.6 Å². The molecule has 0 saturated heterocycles. The molecule has 0 heterocycles. The smallest absolute Gasteiger partial charge is 0.269 e. The summed E-state index contributed by atoms with van der Waals surface area (Å²) < 4.78 is 38.9. The lowest BCUT2D eigenvalue weighted by Crippen LogP contribution is -2.50. The lowest BCUT2D eigenvalue weighted by atomic mass is 9.86. The van der Waals surface area contributed by atoms with Crippen molar-refractivity contribution in [2.24, 2.45) is 0 Å². The first-order chi connectivity index (χ1) is 16.4. The number of sulfonamides is 1. The quantitative estimate of drug-likeness (QED) is 0.486. The van der Waals surface area contributed by atoms with E-state index < -0.39 is 16.1 Å². The summed E-state index contributed by atoms with van der Waals surface area (Å²) in [4.78, 5) is 13.3. The number of nitrogens with zero attached hydrogens (tertiary/aromatic N) is 1. The van der Waals surface area contributed by atoms with E-state index in [4.69, 9.17) is 21.7 Å². The number of ether oxygens (including phenoxy) is 2. The fourth-order valence-electron chi connectivity index (χ4n) is 3.46. The highest BCUT2D eigenvalue weighted by Crippen LogP contribution is 2.29. The molecule has 2 N–H and O–H groups in total. The molecule has 10 heteroatoms. The third-order valence-corrected chi connectivity index (χ3v) is 7.95. The fraction of sp³-hybridized carbons (Fsp3) is 0.440. The average molecular weight is 522 g/mol. The van der Waals surface area contributed by atoms with Gasteiger partial charge in [0.2, 0.25) is 0 Å². The Hall–Kier alpha value is -2.85. The van der Waals surface area contributed by atoms with Crippen LogP contribution < -0.4 is 20.1 Å². The van der Waals surface area contributed by atoms with E-state index >= 15 is 0 Å². The molecule has 1 unspecified atom stereocenters. The predicted molar refractivity (Wildman–Crippen MR) is 142 cm³/mol. The van der Waals surface area contributed by atoms with Gasteiger partial charge in [-0.3, -0.25) is 4.79 Å². The summed E-state index contributed by atoms with van der Waals surface area (Å²) in [5, 5.41) is 5.70. The number of hydrogen-bond donors (Lipinski definition) is 2. The molecular weight excluding hydrogens is 486 g/mol. The zero-order valence-electron chi connectivity index (χ0n) is 21.3. The molecule has 1 atom stereocenters. The van der Waals surface area contributed by atoms with Gasteiger partial charge in [-0.2, -0.15) is 0 Å².